The fourth-order valence-electron chi connectivity index (χ4n) is 1.60. The summed E-state index contributed by atoms with van der Waals surface area (Å²) in [7, 11) is 1.62. The van der Waals surface area contributed by atoms with Gasteiger partial charge in [-0.15, -0.1) is 0 Å². The monoisotopic (exact) mass is 297 g/mol. The molecular weight excluding hydrogens is 278 g/mol. The van der Waals surface area contributed by atoms with Gasteiger partial charge in [0.15, 0.2) is 0 Å². The Morgan fingerprint density at radius 2 is 2.00 bits per heavy atom. The highest BCUT2D eigenvalue weighted by Crippen LogP contribution is 2.14. The van der Waals surface area contributed by atoms with Gasteiger partial charge >= 0.3 is 5.97 Å². The second kappa shape index (κ2) is 8.47. The smallest absolute Gasteiger partial charge is 0.327 e. The van der Waals surface area contributed by atoms with Crippen molar-refractivity contribution in [1.29, 1.82) is 0 Å². The average Bonchev–Trinajstić information content (AvgIpc) is 2.42. The van der Waals surface area contributed by atoms with E-state index in [2.05, 4.69) is 5.32 Å². The molecule has 1 atom stereocenters. The van der Waals surface area contributed by atoms with Gasteiger partial charge in [-0.05, 0) is 29.9 Å². The molecule has 0 aromatic heterocycles. The topological polar surface area (TPSA) is 75.6 Å². The Balaban J connectivity index is 2.32. The van der Waals surface area contributed by atoms with Gasteiger partial charge < -0.3 is 15.2 Å². The van der Waals surface area contributed by atoms with Crippen molar-refractivity contribution < 1.29 is 19.4 Å². The van der Waals surface area contributed by atoms with Gasteiger partial charge in [0.05, 0.1) is 7.11 Å². The summed E-state index contributed by atoms with van der Waals surface area (Å²) < 4.78 is 5.08. The van der Waals surface area contributed by atoms with Crippen LogP contribution < -0.4 is 10.1 Å². The first kappa shape index (κ1) is 16.4. The van der Waals surface area contributed by atoms with Crippen LogP contribution in [0.15, 0.2) is 24.3 Å². The summed E-state index contributed by atoms with van der Waals surface area (Å²) in [5.74, 6) is 0.657. The van der Waals surface area contributed by atoms with Crippen molar-refractivity contribution in [1.82, 2.24) is 5.32 Å². The summed E-state index contributed by atoms with van der Waals surface area (Å²) in [6, 6.07) is 6.95. The van der Waals surface area contributed by atoms with Crippen molar-refractivity contribution >= 4 is 23.6 Å². The number of methoxy groups -OCH3 is 1. The molecule has 0 aliphatic rings. The summed E-state index contributed by atoms with van der Waals surface area (Å²) in [6.07, 6.45) is 0.848. The highest BCUT2D eigenvalue weighted by atomic mass is 32.2. The van der Waals surface area contributed by atoms with Crippen LogP contribution in [-0.4, -0.2) is 41.6 Å². The number of aliphatic carboxylic acids is 1. The Morgan fingerprint density at radius 1 is 1.35 bits per heavy atom. The fraction of sp³-hybridized carbons (Fsp3) is 0.429. The number of benzene rings is 1. The predicted molar refractivity (Wildman–Crippen MR) is 79.3 cm³/mol. The molecule has 0 fully saturated rings. The minimum absolute atomic E-state index is 0.326. The molecule has 1 amide bonds. The zero-order chi connectivity index (χ0) is 15.0. The van der Waals surface area contributed by atoms with E-state index in [-0.39, 0.29) is 5.91 Å². The number of carbonyl (C=O) groups excluding carboxylic acids is 1. The molecule has 6 heteroatoms. The molecule has 0 aliphatic carbocycles. The van der Waals surface area contributed by atoms with Crippen LogP contribution in [0, 0.1) is 0 Å². The number of hydrogen-bond donors (Lipinski definition) is 2. The molecule has 110 valence electrons. The van der Waals surface area contributed by atoms with Gasteiger partial charge in [0.25, 0.3) is 0 Å². The number of aryl methyl sites for hydroxylation is 1. The molecule has 0 bridgehead atoms. The Hall–Kier alpha value is -1.69. The van der Waals surface area contributed by atoms with Crippen LogP contribution in [0.5, 0.6) is 5.75 Å². The molecule has 0 radical (unpaired) electrons. The third kappa shape index (κ3) is 5.97. The van der Waals surface area contributed by atoms with E-state index in [9.17, 15) is 9.59 Å². The summed E-state index contributed by atoms with van der Waals surface area (Å²) in [6.45, 7) is 1.32. The Bertz CT molecular complexity index is 447. The number of carbonyl (C=O) groups is 2. The van der Waals surface area contributed by atoms with Crippen molar-refractivity contribution in [3.63, 3.8) is 0 Å². The lowest BCUT2D eigenvalue weighted by atomic mass is 10.2. The maximum absolute atomic E-state index is 10.9. The van der Waals surface area contributed by atoms with Crippen LogP contribution in [0.1, 0.15) is 12.5 Å². The minimum Gasteiger partial charge on any atom is -0.497 e. The van der Waals surface area contributed by atoms with E-state index in [1.807, 2.05) is 24.3 Å². The van der Waals surface area contributed by atoms with Crippen LogP contribution in [0.2, 0.25) is 0 Å². The van der Waals surface area contributed by atoms with Crippen molar-refractivity contribution in [3.8, 4) is 5.75 Å². The van der Waals surface area contributed by atoms with E-state index in [1.54, 1.807) is 7.11 Å². The highest BCUT2D eigenvalue weighted by Gasteiger charge is 2.17. The van der Waals surface area contributed by atoms with Crippen LogP contribution in [0.25, 0.3) is 0 Å². The van der Waals surface area contributed by atoms with Gasteiger partial charge in [0.2, 0.25) is 5.91 Å². The van der Waals surface area contributed by atoms with E-state index in [1.165, 1.54) is 24.2 Å². The zero-order valence-electron chi connectivity index (χ0n) is 11.6. The van der Waals surface area contributed by atoms with E-state index < -0.39 is 12.0 Å². The first-order chi connectivity index (χ1) is 9.52. The lowest BCUT2D eigenvalue weighted by molar-refractivity contribution is -0.140. The number of hydrogen-bond acceptors (Lipinski definition) is 4. The first-order valence-electron chi connectivity index (χ1n) is 6.23. The predicted octanol–water partition coefficient (Wildman–Crippen LogP) is 1.56. The van der Waals surface area contributed by atoms with Gasteiger partial charge in [-0.1, -0.05) is 12.1 Å². The number of ether oxygens (including phenoxy) is 1. The fourth-order valence-corrected chi connectivity index (χ4v) is 2.61. The van der Waals surface area contributed by atoms with Gasteiger partial charge in [0, 0.05) is 12.7 Å². The van der Waals surface area contributed by atoms with Gasteiger partial charge in [-0.3, -0.25) is 4.79 Å². The standard InChI is InChI=1S/C14H19NO4S/c1-10(16)15-13(14(17)18)9-20-8-7-11-3-5-12(19-2)6-4-11/h3-6,13H,7-9H2,1-2H3,(H,15,16)(H,17,18). The van der Waals surface area contributed by atoms with Crippen LogP contribution >= 0.6 is 11.8 Å². The normalized spacial score (nSPS) is 11.7. The number of nitrogens with one attached hydrogen (secondary N) is 1. The highest BCUT2D eigenvalue weighted by molar-refractivity contribution is 7.99. The molecule has 20 heavy (non-hydrogen) atoms. The summed E-state index contributed by atoms with van der Waals surface area (Å²) in [4.78, 5) is 21.8. The molecule has 2 N–H and O–H groups in total. The van der Waals surface area contributed by atoms with E-state index in [0.717, 1.165) is 17.9 Å². The molecule has 1 aromatic rings. The molecule has 0 aliphatic heterocycles. The third-order valence-electron chi connectivity index (χ3n) is 2.65. The van der Waals surface area contributed by atoms with Gasteiger partial charge in [-0.25, -0.2) is 4.79 Å². The maximum atomic E-state index is 10.9. The SMILES string of the molecule is COc1ccc(CCSCC(NC(C)=O)C(=O)O)cc1. The van der Waals surface area contributed by atoms with Crippen LogP contribution in [0.3, 0.4) is 0 Å². The molecule has 1 unspecified atom stereocenters. The van der Waals surface area contributed by atoms with E-state index >= 15 is 0 Å². The van der Waals surface area contributed by atoms with Crippen molar-refractivity contribution in [3.05, 3.63) is 29.8 Å². The van der Waals surface area contributed by atoms with Crippen molar-refractivity contribution in [2.45, 2.75) is 19.4 Å². The molecule has 0 heterocycles. The second-order valence-corrected chi connectivity index (χ2v) is 5.41. The maximum Gasteiger partial charge on any atom is 0.327 e. The third-order valence-corrected chi connectivity index (χ3v) is 3.72. The van der Waals surface area contributed by atoms with Crippen LogP contribution in [-0.2, 0) is 16.0 Å². The molecule has 1 aromatic carbocycles. The first-order valence-corrected chi connectivity index (χ1v) is 7.39. The average molecular weight is 297 g/mol. The van der Waals surface area contributed by atoms with Gasteiger partial charge in [-0.2, -0.15) is 11.8 Å². The number of carboxylic acids is 1. The Morgan fingerprint density at radius 3 is 2.50 bits per heavy atom. The summed E-state index contributed by atoms with van der Waals surface area (Å²) in [5, 5.41) is 11.4. The van der Waals surface area contributed by atoms with Crippen molar-refractivity contribution in [2.24, 2.45) is 0 Å². The molecule has 5 nitrogen and oxygen atoms in total. The second-order valence-electron chi connectivity index (χ2n) is 4.26. The molecule has 0 saturated carbocycles. The molecule has 0 saturated heterocycles. The molecular formula is C14H19NO4S. The molecule has 1 rings (SSSR count). The Kier molecular flexibility index (Phi) is 6.93. The summed E-state index contributed by atoms with van der Waals surface area (Å²) >= 11 is 1.51. The molecule has 0 spiro atoms. The Labute approximate surface area is 122 Å². The largest absolute Gasteiger partial charge is 0.497 e. The minimum atomic E-state index is -1.00. The zero-order valence-corrected chi connectivity index (χ0v) is 12.4. The van der Waals surface area contributed by atoms with Crippen molar-refractivity contribution in [2.75, 3.05) is 18.6 Å². The quantitative estimate of drug-likeness (QED) is 0.712. The lowest BCUT2D eigenvalue weighted by Gasteiger charge is -2.12. The number of rotatable bonds is 8. The van der Waals surface area contributed by atoms with E-state index in [4.69, 9.17) is 9.84 Å². The number of carboxylic acid groups (broad SMARTS) is 1. The number of amides is 1. The van der Waals surface area contributed by atoms with E-state index in [0.29, 0.717) is 5.75 Å². The lowest BCUT2D eigenvalue weighted by Crippen LogP contribution is -2.41. The number of thioether (sulfide) groups is 1. The van der Waals surface area contributed by atoms with Crippen LogP contribution in [0.4, 0.5) is 0 Å². The summed E-state index contributed by atoms with van der Waals surface area (Å²) in [5.41, 5.74) is 1.17. The van der Waals surface area contributed by atoms with Gasteiger partial charge in [0.1, 0.15) is 11.8 Å².